The number of rotatable bonds is 1. The SMILES string of the molecule is Cc1cccc2ncc(C(=O)N3C[C@@H]4CCN(C)[C@@H]4C3)c(=O)n12. The summed E-state index contributed by atoms with van der Waals surface area (Å²) in [5.41, 5.74) is 1.25. The van der Waals surface area contributed by atoms with Gasteiger partial charge in [-0.25, -0.2) is 4.98 Å². The third-order valence-corrected chi connectivity index (χ3v) is 5.27. The maximum atomic E-state index is 12.8. The van der Waals surface area contributed by atoms with Crippen molar-refractivity contribution in [3.05, 3.63) is 46.0 Å². The van der Waals surface area contributed by atoms with E-state index in [1.165, 1.54) is 10.6 Å². The molecule has 0 aliphatic carbocycles. The van der Waals surface area contributed by atoms with Crippen molar-refractivity contribution >= 4 is 11.6 Å². The molecule has 0 unspecified atom stereocenters. The molecular formula is C17H20N4O2. The quantitative estimate of drug-likeness (QED) is 0.781. The number of aromatic nitrogens is 2. The summed E-state index contributed by atoms with van der Waals surface area (Å²) in [6.07, 6.45) is 2.55. The van der Waals surface area contributed by atoms with Crippen molar-refractivity contribution in [3.63, 3.8) is 0 Å². The van der Waals surface area contributed by atoms with Crippen LogP contribution in [0.5, 0.6) is 0 Å². The fourth-order valence-corrected chi connectivity index (χ4v) is 3.93. The number of nitrogens with zero attached hydrogens (tertiary/aromatic N) is 4. The van der Waals surface area contributed by atoms with Crippen molar-refractivity contribution in [1.82, 2.24) is 19.2 Å². The van der Waals surface area contributed by atoms with Gasteiger partial charge >= 0.3 is 0 Å². The summed E-state index contributed by atoms with van der Waals surface area (Å²) < 4.78 is 1.51. The van der Waals surface area contributed by atoms with Crippen LogP contribution in [0.3, 0.4) is 0 Å². The van der Waals surface area contributed by atoms with Crippen LogP contribution in [0.1, 0.15) is 22.5 Å². The molecule has 6 heteroatoms. The maximum Gasteiger partial charge on any atom is 0.270 e. The minimum Gasteiger partial charge on any atom is -0.337 e. The van der Waals surface area contributed by atoms with Crippen molar-refractivity contribution in [2.24, 2.45) is 5.92 Å². The van der Waals surface area contributed by atoms with Crippen LogP contribution < -0.4 is 5.56 Å². The van der Waals surface area contributed by atoms with E-state index < -0.39 is 0 Å². The number of fused-ring (bicyclic) bond motifs is 2. The summed E-state index contributed by atoms with van der Waals surface area (Å²) in [6.45, 7) is 4.38. The molecule has 2 fully saturated rings. The average molecular weight is 312 g/mol. The predicted octanol–water partition coefficient (Wildman–Crippen LogP) is 0.779. The van der Waals surface area contributed by atoms with Gasteiger partial charge in [0.2, 0.25) is 0 Å². The number of pyridine rings is 1. The zero-order valence-electron chi connectivity index (χ0n) is 13.4. The second-order valence-corrected chi connectivity index (χ2v) is 6.64. The van der Waals surface area contributed by atoms with Crippen molar-refractivity contribution in [2.75, 3.05) is 26.7 Å². The first-order valence-electron chi connectivity index (χ1n) is 8.03. The number of aryl methyl sites for hydroxylation is 1. The van der Waals surface area contributed by atoms with Crippen molar-refractivity contribution in [2.45, 2.75) is 19.4 Å². The first-order chi connectivity index (χ1) is 11.1. The maximum absolute atomic E-state index is 12.8. The Kier molecular flexibility index (Phi) is 3.23. The molecule has 4 heterocycles. The summed E-state index contributed by atoms with van der Waals surface area (Å²) in [7, 11) is 2.11. The highest BCUT2D eigenvalue weighted by Crippen LogP contribution is 2.30. The van der Waals surface area contributed by atoms with E-state index in [2.05, 4.69) is 16.9 Å². The zero-order chi connectivity index (χ0) is 16.1. The standard InChI is InChI=1S/C17H20N4O2/c1-11-4-3-5-15-18-8-13(17(23)21(11)15)16(22)20-9-12-6-7-19(2)14(12)10-20/h3-5,8,12,14H,6-7,9-10H2,1-2H3/t12-,14+/m0/s1. The van der Waals surface area contributed by atoms with Crippen LogP contribution in [-0.4, -0.2) is 57.8 Å². The second-order valence-electron chi connectivity index (χ2n) is 6.64. The van der Waals surface area contributed by atoms with Crippen LogP contribution in [0.15, 0.2) is 29.2 Å². The molecule has 120 valence electrons. The highest BCUT2D eigenvalue weighted by atomic mass is 16.2. The predicted molar refractivity (Wildman–Crippen MR) is 86.6 cm³/mol. The first kappa shape index (κ1) is 14.4. The van der Waals surface area contributed by atoms with E-state index in [-0.39, 0.29) is 17.0 Å². The van der Waals surface area contributed by atoms with Crippen molar-refractivity contribution in [1.29, 1.82) is 0 Å². The van der Waals surface area contributed by atoms with E-state index >= 15 is 0 Å². The minimum absolute atomic E-state index is 0.166. The first-order valence-corrected chi connectivity index (χ1v) is 8.03. The Morgan fingerprint density at radius 2 is 2.13 bits per heavy atom. The number of likely N-dealkylation sites (N-methyl/N-ethyl adjacent to an activating group) is 1. The normalized spacial score (nSPS) is 24.3. The van der Waals surface area contributed by atoms with Gasteiger partial charge in [0.15, 0.2) is 0 Å². The van der Waals surface area contributed by atoms with E-state index in [1.54, 1.807) is 6.07 Å². The lowest BCUT2D eigenvalue weighted by Crippen LogP contribution is -2.38. The molecule has 1 amide bonds. The van der Waals surface area contributed by atoms with Crippen LogP contribution in [0.4, 0.5) is 0 Å². The Bertz CT molecular complexity index is 844. The molecule has 2 atom stereocenters. The number of likely N-dealkylation sites (tertiary alicyclic amines) is 2. The molecule has 0 spiro atoms. The Balaban J connectivity index is 1.70. The molecule has 0 saturated carbocycles. The lowest BCUT2D eigenvalue weighted by Gasteiger charge is -2.20. The van der Waals surface area contributed by atoms with Crippen LogP contribution in [0.2, 0.25) is 0 Å². The lowest BCUT2D eigenvalue weighted by atomic mass is 10.1. The molecule has 0 radical (unpaired) electrons. The van der Waals surface area contributed by atoms with Crippen LogP contribution in [-0.2, 0) is 0 Å². The Hall–Kier alpha value is -2.21. The molecule has 0 aromatic carbocycles. The smallest absolute Gasteiger partial charge is 0.270 e. The molecule has 2 saturated heterocycles. The molecule has 6 nitrogen and oxygen atoms in total. The van der Waals surface area contributed by atoms with Crippen LogP contribution >= 0.6 is 0 Å². The van der Waals surface area contributed by atoms with Gasteiger partial charge in [-0.15, -0.1) is 0 Å². The lowest BCUT2D eigenvalue weighted by molar-refractivity contribution is 0.0772. The van der Waals surface area contributed by atoms with E-state index in [9.17, 15) is 9.59 Å². The fourth-order valence-electron chi connectivity index (χ4n) is 3.93. The monoisotopic (exact) mass is 312 g/mol. The molecule has 2 aromatic heterocycles. The summed E-state index contributed by atoms with van der Waals surface area (Å²) in [5, 5.41) is 0. The summed E-state index contributed by atoms with van der Waals surface area (Å²) >= 11 is 0. The summed E-state index contributed by atoms with van der Waals surface area (Å²) in [5.74, 6) is 0.338. The zero-order valence-corrected chi connectivity index (χ0v) is 13.4. The van der Waals surface area contributed by atoms with E-state index in [0.29, 0.717) is 24.2 Å². The number of carbonyl (C=O) groups excluding carboxylic acids is 1. The largest absolute Gasteiger partial charge is 0.337 e. The molecule has 2 aliphatic heterocycles. The molecule has 2 aromatic rings. The van der Waals surface area contributed by atoms with Gasteiger partial charge in [0.05, 0.1) is 0 Å². The second kappa shape index (κ2) is 5.16. The van der Waals surface area contributed by atoms with E-state index in [0.717, 1.165) is 25.2 Å². The molecule has 4 rings (SSSR count). The van der Waals surface area contributed by atoms with Crippen molar-refractivity contribution in [3.8, 4) is 0 Å². The fraction of sp³-hybridized carbons (Fsp3) is 0.471. The highest BCUT2D eigenvalue weighted by Gasteiger charge is 2.41. The van der Waals surface area contributed by atoms with Gasteiger partial charge in [-0.2, -0.15) is 0 Å². The number of carbonyl (C=O) groups is 1. The van der Waals surface area contributed by atoms with Crippen LogP contribution in [0.25, 0.3) is 5.65 Å². The minimum atomic E-state index is -0.275. The van der Waals surface area contributed by atoms with Gasteiger partial charge < -0.3 is 9.80 Å². The Morgan fingerprint density at radius 3 is 2.91 bits per heavy atom. The van der Waals surface area contributed by atoms with Gasteiger partial charge in [0, 0.05) is 31.0 Å². The Labute approximate surface area is 134 Å². The Morgan fingerprint density at radius 1 is 1.30 bits per heavy atom. The topological polar surface area (TPSA) is 57.9 Å². The summed E-state index contributed by atoms with van der Waals surface area (Å²) in [4.78, 5) is 34.0. The van der Waals surface area contributed by atoms with Gasteiger partial charge in [-0.1, -0.05) is 6.07 Å². The summed E-state index contributed by atoms with van der Waals surface area (Å²) in [6, 6.07) is 5.91. The van der Waals surface area contributed by atoms with Crippen LogP contribution in [0, 0.1) is 12.8 Å². The molecule has 23 heavy (non-hydrogen) atoms. The van der Waals surface area contributed by atoms with E-state index in [1.807, 2.05) is 24.0 Å². The van der Waals surface area contributed by atoms with Gasteiger partial charge in [-0.05, 0) is 45.0 Å². The third-order valence-electron chi connectivity index (χ3n) is 5.27. The number of amides is 1. The van der Waals surface area contributed by atoms with Gasteiger partial charge in [0.25, 0.3) is 11.5 Å². The molecule has 2 aliphatic rings. The average Bonchev–Trinajstić information content (AvgIpc) is 3.10. The molecular weight excluding hydrogens is 292 g/mol. The number of hydrogen-bond acceptors (Lipinski definition) is 4. The molecule has 0 N–H and O–H groups in total. The van der Waals surface area contributed by atoms with E-state index in [4.69, 9.17) is 0 Å². The van der Waals surface area contributed by atoms with Gasteiger partial charge in [0.1, 0.15) is 11.2 Å². The number of hydrogen-bond donors (Lipinski definition) is 0. The van der Waals surface area contributed by atoms with Crippen molar-refractivity contribution < 1.29 is 4.79 Å². The highest BCUT2D eigenvalue weighted by molar-refractivity contribution is 5.94. The molecule has 0 bridgehead atoms. The van der Waals surface area contributed by atoms with Gasteiger partial charge in [-0.3, -0.25) is 14.0 Å². The third kappa shape index (κ3) is 2.16.